The van der Waals surface area contributed by atoms with Crippen LogP contribution < -0.4 is 13.2 Å². The lowest BCUT2D eigenvalue weighted by molar-refractivity contribution is 0.394. The van der Waals surface area contributed by atoms with Crippen molar-refractivity contribution < 1.29 is 26.3 Å². The lowest BCUT2D eigenvalue weighted by Crippen LogP contribution is -2.34. The Morgan fingerprint density at radius 2 is 1.11 bits per heavy atom. The van der Waals surface area contributed by atoms with Gasteiger partial charge in [0.15, 0.2) is 0 Å². The van der Waals surface area contributed by atoms with Crippen LogP contribution in [-0.4, -0.2) is 31.1 Å². The van der Waals surface area contributed by atoms with Crippen molar-refractivity contribution in [2.24, 2.45) is 0 Å². The van der Waals surface area contributed by atoms with Gasteiger partial charge in [-0.05, 0) is 47.5 Å². The molecule has 35 heavy (non-hydrogen) atoms. The maximum Gasteiger partial charge on any atom is 0.270 e. The van der Waals surface area contributed by atoms with Crippen molar-refractivity contribution in [2.45, 2.75) is 0 Å². The predicted molar refractivity (Wildman–Crippen MR) is 141 cm³/mol. The maximum absolute atomic E-state index is 13.4. The summed E-state index contributed by atoms with van der Waals surface area (Å²) in [5, 5.41) is 2.37. The smallest absolute Gasteiger partial charge is 0.270 e. The van der Waals surface area contributed by atoms with Crippen LogP contribution >= 0.6 is 23.2 Å². The van der Waals surface area contributed by atoms with Crippen molar-refractivity contribution in [2.75, 3.05) is 17.9 Å². The van der Waals surface area contributed by atoms with Gasteiger partial charge in [-0.1, -0.05) is 47.5 Å². The van der Waals surface area contributed by atoms with Crippen LogP contribution in [0, 0.1) is 0 Å². The van der Waals surface area contributed by atoms with Crippen LogP contribution in [0.4, 0.5) is 5.69 Å². The van der Waals surface area contributed by atoms with Gasteiger partial charge < -0.3 is 9.47 Å². The van der Waals surface area contributed by atoms with Crippen molar-refractivity contribution in [1.29, 1.82) is 0 Å². The van der Waals surface area contributed by atoms with Crippen LogP contribution in [0.3, 0.4) is 0 Å². The molecule has 0 aliphatic rings. The number of hydrogen-bond acceptors (Lipinski definition) is 6. The average Bonchev–Trinajstić information content (AvgIpc) is 2.81. The zero-order valence-electron chi connectivity index (χ0n) is 18.6. The first-order valence-electron chi connectivity index (χ1n) is 9.95. The van der Waals surface area contributed by atoms with E-state index in [0.29, 0.717) is 24.9 Å². The molecule has 0 N–H and O–H groups in total. The number of benzene rings is 3. The molecule has 11 heteroatoms. The van der Waals surface area contributed by atoms with E-state index in [1.54, 1.807) is 48.5 Å². The van der Waals surface area contributed by atoms with Crippen LogP contribution in [0.1, 0.15) is 11.1 Å². The Bertz CT molecular complexity index is 1380. The molecule has 0 aliphatic carbocycles. The average molecular weight is 554 g/mol. The number of methoxy groups -OCH3 is 2. The molecule has 0 aliphatic heterocycles. The number of hydrogen-bond donors (Lipinski definition) is 0. The van der Waals surface area contributed by atoms with Crippen molar-refractivity contribution >= 4 is 61.1 Å². The van der Waals surface area contributed by atoms with Gasteiger partial charge in [0.05, 0.1) is 30.7 Å². The molecule has 0 radical (unpaired) electrons. The van der Waals surface area contributed by atoms with E-state index >= 15 is 0 Å². The highest BCUT2D eigenvalue weighted by Gasteiger charge is 2.32. The summed E-state index contributed by atoms with van der Waals surface area (Å²) in [4.78, 5) is 0. The number of sulfonamides is 2. The van der Waals surface area contributed by atoms with Crippen LogP contribution in [-0.2, 0) is 20.0 Å². The third-order valence-corrected chi connectivity index (χ3v) is 8.59. The molecule has 0 heterocycles. The summed E-state index contributed by atoms with van der Waals surface area (Å²) in [5.41, 5.74) is 0.736. The molecule has 0 fully saturated rings. The van der Waals surface area contributed by atoms with Gasteiger partial charge in [0.25, 0.3) is 20.0 Å². The summed E-state index contributed by atoms with van der Waals surface area (Å²) in [6, 6.07) is 16.9. The van der Waals surface area contributed by atoms with Crippen LogP contribution in [0.5, 0.6) is 11.5 Å². The quantitative estimate of drug-likeness (QED) is 0.331. The molecule has 0 amide bonds. The molecule has 3 aromatic carbocycles. The van der Waals surface area contributed by atoms with Gasteiger partial charge in [-0.25, -0.2) is 16.8 Å². The first-order chi connectivity index (χ1) is 16.5. The number of ether oxygens (including phenoxy) is 2. The van der Waals surface area contributed by atoms with E-state index in [9.17, 15) is 16.8 Å². The highest BCUT2D eigenvalue weighted by molar-refractivity contribution is 8.12. The third kappa shape index (κ3) is 7.02. The second-order valence-corrected chi connectivity index (χ2v) is 11.5. The maximum atomic E-state index is 13.4. The van der Waals surface area contributed by atoms with E-state index in [2.05, 4.69) is 0 Å². The summed E-state index contributed by atoms with van der Waals surface area (Å²) in [6.07, 6.45) is 2.50. The molecule has 0 atom stereocenters. The van der Waals surface area contributed by atoms with E-state index in [4.69, 9.17) is 32.7 Å². The number of anilines is 1. The van der Waals surface area contributed by atoms with E-state index < -0.39 is 20.0 Å². The van der Waals surface area contributed by atoms with Crippen molar-refractivity contribution in [3.63, 3.8) is 0 Å². The summed E-state index contributed by atoms with van der Waals surface area (Å²) in [7, 11) is -6.42. The van der Waals surface area contributed by atoms with E-state index in [-0.39, 0.29) is 17.2 Å². The molecule has 0 spiro atoms. The first-order valence-corrected chi connectivity index (χ1v) is 13.7. The van der Waals surface area contributed by atoms with Gasteiger partial charge in [0, 0.05) is 28.2 Å². The molecule has 0 saturated heterocycles. The normalized spacial score (nSPS) is 12.2. The van der Waals surface area contributed by atoms with Gasteiger partial charge in [0.1, 0.15) is 11.5 Å². The van der Waals surface area contributed by atoms with Gasteiger partial charge in [-0.15, -0.1) is 0 Å². The lowest BCUT2D eigenvalue weighted by atomic mass is 10.2. The summed E-state index contributed by atoms with van der Waals surface area (Å²) in [5.74, 6) is 0.403. The highest BCUT2D eigenvalue weighted by atomic mass is 35.5. The number of nitrogens with zero attached hydrogens (tertiary/aromatic N) is 1. The van der Waals surface area contributed by atoms with Gasteiger partial charge in [-0.3, -0.25) is 0 Å². The Morgan fingerprint density at radius 3 is 1.49 bits per heavy atom. The Balaban J connectivity index is 2.15. The summed E-state index contributed by atoms with van der Waals surface area (Å²) in [6.45, 7) is 0. The predicted octanol–water partition coefficient (Wildman–Crippen LogP) is 5.82. The zero-order chi connectivity index (χ0) is 25.6. The monoisotopic (exact) mass is 553 g/mol. The third-order valence-electron chi connectivity index (χ3n) is 4.57. The molecule has 0 bridgehead atoms. The molecule has 0 unspecified atom stereocenters. The summed E-state index contributed by atoms with van der Waals surface area (Å²) >= 11 is 11.9. The fourth-order valence-corrected chi connectivity index (χ4v) is 6.53. The summed E-state index contributed by atoms with van der Waals surface area (Å²) < 4.78 is 64.3. The van der Waals surface area contributed by atoms with Gasteiger partial charge in [0.2, 0.25) is 0 Å². The Kier molecular flexibility index (Phi) is 8.50. The molecule has 184 valence electrons. The second kappa shape index (κ2) is 11.2. The molecule has 7 nitrogen and oxygen atoms in total. The van der Waals surface area contributed by atoms with Crippen molar-refractivity contribution in [1.82, 2.24) is 0 Å². The Labute approximate surface area is 214 Å². The van der Waals surface area contributed by atoms with E-state index in [1.165, 1.54) is 44.6 Å². The van der Waals surface area contributed by atoms with E-state index in [0.717, 1.165) is 10.8 Å². The molecule has 0 saturated carbocycles. The second-order valence-electron chi connectivity index (χ2n) is 7.07. The molecule has 0 aromatic heterocycles. The highest BCUT2D eigenvalue weighted by Crippen LogP contribution is 2.33. The number of halogens is 2. The van der Waals surface area contributed by atoms with Crippen LogP contribution in [0.2, 0.25) is 10.0 Å². The van der Waals surface area contributed by atoms with Crippen LogP contribution in [0.25, 0.3) is 12.2 Å². The first kappa shape index (κ1) is 26.6. The van der Waals surface area contributed by atoms with E-state index in [1.807, 2.05) is 0 Å². The SMILES string of the molecule is COc1cc(OC)cc(N(S(=O)(=O)/C=C/c2cccc(Cl)c2)S(=O)(=O)/C=C/c2cccc(Cl)c2)c1. The fourth-order valence-electron chi connectivity index (χ4n) is 3.00. The minimum Gasteiger partial charge on any atom is -0.497 e. The standard InChI is InChI=1S/C24H21Cl2NO6S2/c1-32-23-15-22(16-24(17-23)33-2)27(34(28,29)11-9-18-5-3-7-20(25)13-18)35(30,31)12-10-19-6-4-8-21(26)14-19/h3-17H,1-2H3/b11-9+,12-10+. The lowest BCUT2D eigenvalue weighted by Gasteiger charge is -2.22. The van der Waals surface area contributed by atoms with Gasteiger partial charge in [-0.2, -0.15) is 3.71 Å². The molecule has 3 aromatic rings. The zero-order valence-corrected chi connectivity index (χ0v) is 21.8. The Morgan fingerprint density at radius 1 is 0.686 bits per heavy atom. The minimum atomic E-state index is -4.57. The van der Waals surface area contributed by atoms with Crippen molar-refractivity contribution in [3.8, 4) is 11.5 Å². The number of rotatable bonds is 9. The Hall–Kier alpha value is -2.98. The van der Waals surface area contributed by atoms with Gasteiger partial charge >= 0.3 is 0 Å². The molecular formula is C24H21Cl2NO6S2. The van der Waals surface area contributed by atoms with Crippen LogP contribution in [0.15, 0.2) is 77.5 Å². The molecular weight excluding hydrogens is 533 g/mol. The largest absolute Gasteiger partial charge is 0.497 e. The van der Waals surface area contributed by atoms with Crippen molar-refractivity contribution in [3.05, 3.63) is 98.7 Å². The fraction of sp³-hybridized carbons (Fsp3) is 0.0833. The minimum absolute atomic E-state index is 0.201. The molecule has 3 rings (SSSR count). The topological polar surface area (TPSA) is 90.0 Å².